The average molecular weight is 256 g/mol. The lowest BCUT2D eigenvalue weighted by molar-refractivity contribution is 0.0505. The molecule has 1 aliphatic rings. The molecule has 19 heavy (non-hydrogen) atoms. The minimum atomic E-state index is -0.601. The van der Waals surface area contributed by atoms with Gasteiger partial charge in [0.15, 0.2) is 0 Å². The number of hydrogen-bond acceptors (Lipinski definition) is 3. The van der Waals surface area contributed by atoms with E-state index < -0.39 is 6.10 Å². The van der Waals surface area contributed by atoms with Crippen LogP contribution < -0.4 is 4.74 Å². The van der Waals surface area contributed by atoms with Crippen LogP contribution in [0.25, 0.3) is 0 Å². The minimum absolute atomic E-state index is 0.0108. The summed E-state index contributed by atoms with van der Waals surface area (Å²) in [5.74, 6) is 0.827. The summed E-state index contributed by atoms with van der Waals surface area (Å²) in [6.07, 6.45) is 0.160. The van der Waals surface area contributed by atoms with Crippen molar-refractivity contribution < 1.29 is 14.9 Å². The van der Waals surface area contributed by atoms with E-state index in [2.05, 4.69) is 0 Å². The predicted octanol–water partition coefficient (Wildman–Crippen LogP) is 2.68. The van der Waals surface area contributed by atoms with Crippen LogP contribution in [-0.2, 0) is 6.42 Å². The summed E-state index contributed by atoms with van der Waals surface area (Å²) in [7, 11) is 0. The molecule has 3 rings (SSSR count). The molecule has 0 amide bonds. The summed E-state index contributed by atoms with van der Waals surface area (Å²) in [5.41, 5.74) is 1.85. The summed E-state index contributed by atoms with van der Waals surface area (Å²) < 4.78 is 5.66. The lowest BCUT2D eigenvalue weighted by Crippen LogP contribution is -2.27. The molecule has 3 heteroatoms. The Balaban J connectivity index is 1.83. The Labute approximate surface area is 112 Å². The highest BCUT2D eigenvalue weighted by Gasteiger charge is 2.29. The molecule has 0 saturated heterocycles. The Kier molecular flexibility index (Phi) is 3.13. The average Bonchev–Trinajstić information content (AvgIpc) is 2.44. The molecule has 0 aromatic heterocycles. The molecule has 0 bridgehead atoms. The summed E-state index contributed by atoms with van der Waals surface area (Å²) >= 11 is 0. The quantitative estimate of drug-likeness (QED) is 0.868. The molecule has 2 unspecified atom stereocenters. The van der Waals surface area contributed by atoms with Crippen molar-refractivity contribution >= 4 is 0 Å². The van der Waals surface area contributed by atoms with E-state index in [4.69, 9.17) is 4.74 Å². The minimum Gasteiger partial charge on any atom is -0.508 e. The van der Waals surface area contributed by atoms with Crippen LogP contribution in [0.3, 0.4) is 0 Å². The van der Waals surface area contributed by atoms with Crippen molar-refractivity contribution in [1.82, 2.24) is 0 Å². The molecule has 1 aliphatic heterocycles. The number of aromatic hydroxyl groups is 1. The molecular formula is C16H16O3. The monoisotopic (exact) mass is 256 g/mol. The Bertz CT molecular complexity index is 565. The van der Waals surface area contributed by atoms with Crippen molar-refractivity contribution in [3.63, 3.8) is 0 Å². The van der Waals surface area contributed by atoms with Gasteiger partial charge in [-0.3, -0.25) is 0 Å². The summed E-state index contributed by atoms with van der Waals surface area (Å²) in [4.78, 5) is 0. The summed E-state index contributed by atoms with van der Waals surface area (Å²) in [6, 6.07) is 14.9. The van der Waals surface area contributed by atoms with E-state index in [1.807, 2.05) is 30.3 Å². The molecule has 1 heterocycles. The van der Waals surface area contributed by atoms with Gasteiger partial charge in [-0.15, -0.1) is 0 Å². The fourth-order valence-corrected chi connectivity index (χ4v) is 2.53. The Morgan fingerprint density at radius 1 is 1.11 bits per heavy atom. The van der Waals surface area contributed by atoms with E-state index in [1.165, 1.54) is 5.56 Å². The molecule has 0 aliphatic carbocycles. The van der Waals surface area contributed by atoms with Crippen LogP contribution in [0, 0.1) is 5.92 Å². The zero-order valence-electron chi connectivity index (χ0n) is 10.5. The van der Waals surface area contributed by atoms with Gasteiger partial charge >= 0.3 is 0 Å². The number of aliphatic hydroxyl groups excluding tert-OH is 1. The van der Waals surface area contributed by atoms with Crippen LogP contribution in [0.15, 0.2) is 48.5 Å². The van der Waals surface area contributed by atoms with Gasteiger partial charge in [-0.05, 0) is 30.2 Å². The van der Waals surface area contributed by atoms with Crippen molar-refractivity contribution in [3.05, 3.63) is 59.7 Å². The topological polar surface area (TPSA) is 49.7 Å². The van der Waals surface area contributed by atoms with E-state index >= 15 is 0 Å². The number of fused-ring (bicyclic) bond motifs is 1. The first-order valence-corrected chi connectivity index (χ1v) is 6.42. The van der Waals surface area contributed by atoms with Crippen LogP contribution in [0.5, 0.6) is 11.5 Å². The number of aliphatic hydroxyl groups is 1. The van der Waals surface area contributed by atoms with E-state index in [0.29, 0.717) is 17.9 Å². The standard InChI is InChI=1S/C16H16O3/c17-13-6-7-15-14(9-13)16(18)12(10-19-15)8-11-4-2-1-3-5-11/h1-7,9,12,16-18H,8,10H2. The molecule has 2 aromatic rings. The highest BCUT2D eigenvalue weighted by molar-refractivity contribution is 5.42. The van der Waals surface area contributed by atoms with Gasteiger partial charge in [0, 0.05) is 11.5 Å². The largest absolute Gasteiger partial charge is 0.508 e. The second-order valence-corrected chi connectivity index (χ2v) is 4.93. The van der Waals surface area contributed by atoms with Gasteiger partial charge in [-0.2, -0.15) is 0 Å². The highest BCUT2D eigenvalue weighted by atomic mass is 16.5. The van der Waals surface area contributed by atoms with Crippen molar-refractivity contribution in [3.8, 4) is 11.5 Å². The number of phenols is 1. The molecule has 0 spiro atoms. The molecule has 2 aromatic carbocycles. The second-order valence-electron chi connectivity index (χ2n) is 4.93. The zero-order valence-corrected chi connectivity index (χ0v) is 10.5. The van der Waals surface area contributed by atoms with E-state index in [1.54, 1.807) is 18.2 Å². The third-order valence-electron chi connectivity index (χ3n) is 3.55. The van der Waals surface area contributed by atoms with Gasteiger partial charge in [0.1, 0.15) is 11.5 Å². The highest BCUT2D eigenvalue weighted by Crippen LogP contribution is 2.38. The SMILES string of the molecule is Oc1ccc2c(c1)C(O)C(Cc1ccccc1)CO2. The van der Waals surface area contributed by atoms with E-state index in [9.17, 15) is 10.2 Å². The molecule has 2 N–H and O–H groups in total. The van der Waals surface area contributed by atoms with Crippen LogP contribution in [0.2, 0.25) is 0 Å². The van der Waals surface area contributed by atoms with Crippen molar-refractivity contribution in [2.75, 3.05) is 6.61 Å². The van der Waals surface area contributed by atoms with Crippen LogP contribution in [0.4, 0.5) is 0 Å². The molecule has 3 nitrogen and oxygen atoms in total. The molecule has 2 atom stereocenters. The fourth-order valence-electron chi connectivity index (χ4n) is 2.53. The third kappa shape index (κ3) is 2.42. The molecule has 0 saturated carbocycles. The number of phenolic OH excluding ortho intramolecular Hbond substituents is 1. The molecule has 0 radical (unpaired) electrons. The summed E-state index contributed by atoms with van der Waals surface area (Å²) in [6.45, 7) is 0.494. The Morgan fingerprint density at radius 3 is 2.68 bits per heavy atom. The van der Waals surface area contributed by atoms with E-state index in [-0.39, 0.29) is 11.7 Å². The Hall–Kier alpha value is -2.00. The van der Waals surface area contributed by atoms with Gasteiger partial charge in [-0.1, -0.05) is 30.3 Å². The van der Waals surface area contributed by atoms with Crippen molar-refractivity contribution in [2.24, 2.45) is 5.92 Å². The number of rotatable bonds is 2. The normalized spacial score (nSPS) is 21.5. The Morgan fingerprint density at radius 2 is 1.89 bits per heavy atom. The third-order valence-corrected chi connectivity index (χ3v) is 3.55. The van der Waals surface area contributed by atoms with Gasteiger partial charge in [0.05, 0.1) is 12.7 Å². The fraction of sp³-hybridized carbons (Fsp3) is 0.250. The maximum atomic E-state index is 10.4. The second kappa shape index (κ2) is 4.94. The molecular weight excluding hydrogens is 240 g/mol. The number of benzene rings is 2. The molecule has 0 fully saturated rings. The first-order valence-electron chi connectivity index (χ1n) is 6.42. The van der Waals surface area contributed by atoms with Gasteiger partial charge < -0.3 is 14.9 Å². The maximum absolute atomic E-state index is 10.4. The maximum Gasteiger partial charge on any atom is 0.125 e. The van der Waals surface area contributed by atoms with Crippen LogP contribution in [0.1, 0.15) is 17.2 Å². The van der Waals surface area contributed by atoms with Gasteiger partial charge in [0.2, 0.25) is 0 Å². The number of ether oxygens (including phenoxy) is 1. The van der Waals surface area contributed by atoms with Crippen LogP contribution >= 0.6 is 0 Å². The van der Waals surface area contributed by atoms with Gasteiger partial charge in [0.25, 0.3) is 0 Å². The first-order chi connectivity index (χ1) is 9.24. The van der Waals surface area contributed by atoms with Crippen molar-refractivity contribution in [1.29, 1.82) is 0 Å². The smallest absolute Gasteiger partial charge is 0.125 e. The van der Waals surface area contributed by atoms with E-state index in [0.717, 1.165) is 6.42 Å². The zero-order chi connectivity index (χ0) is 13.2. The number of hydrogen-bond donors (Lipinski definition) is 2. The summed E-state index contributed by atoms with van der Waals surface area (Å²) in [5, 5.41) is 19.9. The van der Waals surface area contributed by atoms with Gasteiger partial charge in [-0.25, -0.2) is 0 Å². The van der Waals surface area contributed by atoms with Crippen LogP contribution in [-0.4, -0.2) is 16.8 Å². The lowest BCUT2D eigenvalue weighted by atomic mass is 9.88. The lowest BCUT2D eigenvalue weighted by Gasteiger charge is -2.30. The first kappa shape index (κ1) is 12.1. The molecule has 98 valence electrons. The van der Waals surface area contributed by atoms with Crippen molar-refractivity contribution in [2.45, 2.75) is 12.5 Å². The predicted molar refractivity (Wildman–Crippen MR) is 72.2 cm³/mol.